The van der Waals surface area contributed by atoms with E-state index in [1.54, 1.807) is 24.4 Å². The van der Waals surface area contributed by atoms with Crippen molar-refractivity contribution in [3.63, 3.8) is 0 Å². The van der Waals surface area contributed by atoms with Gasteiger partial charge < -0.3 is 10.2 Å². The van der Waals surface area contributed by atoms with Gasteiger partial charge in [-0.1, -0.05) is 23.2 Å². The zero-order chi connectivity index (χ0) is 14.8. The van der Waals surface area contributed by atoms with Crippen molar-refractivity contribution < 1.29 is 4.39 Å². The van der Waals surface area contributed by atoms with Crippen molar-refractivity contribution >= 4 is 34.7 Å². The molecule has 1 aromatic carbocycles. The molecule has 0 amide bonds. The number of hydrogen-bond acceptors (Lipinski definition) is 3. The summed E-state index contributed by atoms with van der Waals surface area (Å²) >= 11 is 11.8. The van der Waals surface area contributed by atoms with Gasteiger partial charge in [-0.05, 0) is 43.3 Å². The second-order valence-corrected chi connectivity index (χ2v) is 5.79. The molecule has 3 nitrogen and oxygen atoms in total. The Morgan fingerprint density at radius 3 is 2.71 bits per heavy atom. The van der Waals surface area contributed by atoms with Crippen molar-refractivity contribution in [2.24, 2.45) is 0 Å². The van der Waals surface area contributed by atoms with Crippen molar-refractivity contribution in [2.75, 3.05) is 18.0 Å². The van der Waals surface area contributed by atoms with E-state index in [9.17, 15) is 4.39 Å². The highest BCUT2D eigenvalue weighted by Gasteiger charge is 2.25. The maximum absolute atomic E-state index is 13.4. The first-order valence-electron chi connectivity index (χ1n) is 6.72. The lowest BCUT2D eigenvalue weighted by molar-refractivity contribution is 0.627. The Bertz CT molecular complexity index is 627. The monoisotopic (exact) mass is 325 g/mol. The van der Waals surface area contributed by atoms with E-state index < -0.39 is 5.82 Å². The first-order chi connectivity index (χ1) is 10.1. The van der Waals surface area contributed by atoms with E-state index in [2.05, 4.69) is 15.2 Å². The number of anilines is 2. The molecular weight excluding hydrogens is 312 g/mol. The summed E-state index contributed by atoms with van der Waals surface area (Å²) in [4.78, 5) is 6.45. The number of benzene rings is 1. The van der Waals surface area contributed by atoms with Gasteiger partial charge in [-0.25, -0.2) is 9.37 Å². The summed E-state index contributed by atoms with van der Waals surface area (Å²) in [5.41, 5.74) is 0.824. The fourth-order valence-corrected chi connectivity index (χ4v) is 2.82. The third kappa shape index (κ3) is 3.12. The average molecular weight is 326 g/mol. The molecule has 0 spiro atoms. The largest absolute Gasteiger partial charge is 0.322 e. The molecule has 1 saturated heterocycles. The first-order valence-corrected chi connectivity index (χ1v) is 7.47. The molecule has 0 bridgehead atoms. The summed E-state index contributed by atoms with van der Waals surface area (Å²) in [5.74, 6) is 0.352. The second-order valence-electron chi connectivity index (χ2n) is 4.95. The van der Waals surface area contributed by atoms with Gasteiger partial charge in [-0.2, -0.15) is 0 Å². The molecule has 0 saturated carbocycles. The SMILES string of the molecule is Fc1ccc(N(c2ccc(Cl)cn2)C2CCNC2)cc1Cl. The lowest BCUT2D eigenvalue weighted by Gasteiger charge is -2.30. The van der Waals surface area contributed by atoms with E-state index in [-0.39, 0.29) is 11.1 Å². The Morgan fingerprint density at radius 2 is 2.10 bits per heavy atom. The van der Waals surface area contributed by atoms with Crippen LogP contribution in [-0.2, 0) is 0 Å². The van der Waals surface area contributed by atoms with Gasteiger partial charge >= 0.3 is 0 Å². The van der Waals surface area contributed by atoms with E-state index in [1.807, 2.05) is 6.07 Å². The van der Waals surface area contributed by atoms with Gasteiger partial charge in [0.1, 0.15) is 11.6 Å². The lowest BCUT2D eigenvalue weighted by atomic mass is 10.1. The van der Waals surface area contributed by atoms with Gasteiger partial charge in [0.25, 0.3) is 0 Å². The maximum Gasteiger partial charge on any atom is 0.141 e. The molecule has 6 heteroatoms. The number of halogens is 3. The van der Waals surface area contributed by atoms with Crippen LogP contribution in [0.5, 0.6) is 0 Å². The van der Waals surface area contributed by atoms with Crippen LogP contribution in [0.15, 0.2) is 36.5 Å². The van der Waals surface area contributed by atoms with Gasteiger partial charge in [-0.15, -0.1) is 0 Å². The predicted molar refractivity (Wildman–Crippen MR) is 84.1 cm³/mol. The van der Waals surface area contributed by atoms with Crippen molar-refractivity contribution in [1.82, 2.24) is 10.3 Å². The number of rotatable bonds is 3. The molecule has 1 aliphatic heterocycles. The number of nitrogens with one attached hydrogen (secondary N) is 1. The van der Waals surface area contributed by atoms with Gasteiger partial charge in [0.05, 0.1) is 10.0 Å². The molecule has 0 radical (unpaired) electrons. The molecule has 2 aromatic rings. The summed E-state index contributed by atoms with van der Waals surface area (Å²) in [5, 5.41) is 4.02. The Labute approximate surface area is 132 Å². The Morgan fingerprint density at radius 1 is 1.24 bits per heavy atom. The minimum Gasteiger partial charge on any atom is -0.322 e. The fraction of sp³-hybridized carbons (Fsp3) is 0.267. The summed E-state index contributed by atoms with van der Waals surface area (Å²) in [6, 6.07) is 8.63. The minimum absolute atomic E-state index is 0.109. The quantitative estimate of drug-likeness (QED) is 0.923. The summed E-state index contributed by atoms with van der Waals surface area (Å²) in [7, 11) is 0. The molecule has 1 fully saturated rings. The third-order valence-electron chi connectivity index (χ3n) is 3.54. The van der Waals surface area contributed by atoms with Crippen LogP contribution in [0.4, 0.5) is 15.9 Å². The van der Waals surface area contributed by atoms with Gasteiger partial charge in [0, 0.05) is 24.5 Å². The normalized spacial score (nSPS) is 18.0. The molecule has 2 heterocycles. The highest BCUT2D eigenvalue weighted by Crippen LogP contribution is 2.31. The molecule has 1 atom stereocenters. The van der Waals surface area contributed by atoms with Crippen LogP contribution in [0.3, 0.4) is 0 Å². The van der Waals surface area contributed by atoms with Crippen LogP contribution in [0.2, 0.25) is 10.0 Å². The van der Waals surface area contributed by atoms with Crippen molar-refractivity contribution in [2.45, 2.75) is 12.5 Å². The van der Waals surface area contributed by atoms with Gasteiger partial charge in [0.15, 0.2) is 0 Å². The van der Waals surface area contributed by atoms with Crippen molar-refractivity contribution in [1.29, 1.82) is 0 Å². The lowest BCUT2D eigenvalue weighted by Crippen LogP contribution is -2.33. The molecular formula is C15H14Cl2FN3. The minimum atomic E-state index is -0.422. The van der Waals surface area contributed by atoms with E-state index in [0.717, 1.165) is 31.0 Å². The topological polar surface area (TPSA) is 28.2 Å². The Balaban J connectivity index is 2.02. The van der Waals surface area contributed by atoms with E-state index in [4.69, 9.17) is 23.2 Å². The van der Waals surface area contributed by atoms with Crippen LogP contribution in [0, 0.1) is 5.82 Å². The van der Waals surface area contributed by atoms with Crippen LogP contribution < -0.4 is 10.2 Å². The Hall–Kier alpha value is -1.36. The average Bonchev–Trinajstić information content (AvgIpc) is 2.99. The number of pyridine rings is 1. The first kappa shape index (κ1) is 14.6. The van der Waals surface area contributed by atoms with Crippen LogP contribution in [0.25, 0.3) is 0 Å². The van der Waals surface area contributed by atoms with Crippen molar-refractivity contribution in [3.05, 3.63) is 52.4 Å². The summed E-state index contributed by atoms with van der Waals surface area (Å²) < 4.78 is 13.4. The second kappa shape index (κ2) is 6.18. The van der Waals surface area contributed by atoms with Crippen molar-refractivity contribution in [3.8, 4) is 0 Å². The smallest absolute Gasteiger partial charge is 0.141 e. The van der Waals surface area contributed by atoms with Crippen LogP contribution in [-0.4, -0.2) is 24.1 Å². The molecule has 1 N–H and O–H groups in total. The molecule has 110 valence electrons. The van der Waals surface area contributed by atoms with E-state index in [0.29, 0.717) is 5.02 Å². The summed E-state index contributed by atoms with van der Waals surface area (Å²) in [6.07, 6.45) is 2.59. The Kier molecular flexibility index (Phi) is 4.29. The molecule has 3 rings (SSSR count). The van der Waals surface area contributed by atoms with E-state index in [1.165, 1.54) is 6.07 Å². The van der Waals surface area contributed by atoms with Gasteiger partial charge in [0.2, 0.25) is 0 Å². The predicted octanol–water partition coefficient (Wildman–Crippen LogP) is 4.03. The molecule has 21 heavy (non-hydrogen) atoms. The fourth-order valence-electron chi connectivity index (χ4n) is 2.54. The summed E-state index contributed by atoms with van der Waals surface area (Å²) in [6.45, 7) is 1.79. The zero-order valence-corrected chi connectivity index (χ0v) is 12.7. The standard InChI is InChI=1S/C15H14Cl2FN3/c16-10-1-4-15(20-8-10)21(12-5-6-19-9-12)11-2-3-14(18)13(17)7-11/h1-4,7-8,12,19H,5-6,9H2. The molecule has 0 aliphatic carbocycles. The maximum atomic E-state index is 13.4. The van der Waals surface area contributed by atoms with E-state index >= 15 is 0 Å². The number of nitrogens with zero attached hydrogens (tertiary/aromatic N) is 2. The third-order valence-corrected chi connectivity index (χ3v) is 4.05. The molecule has 1 aliphatic rings. The molecule has 1 unspecified atom stereocenters. The molecule has 1 aromatic heterocycles. The van der Waals surface area contributed by atoms with Gasteiger partial charge in [-0.3, -0.25) is 0 Å². The zero-order valence-electron chi connectivity index (χ0n) is 11.2. The number of hydrogen-bond donors (Lipinski definition) is 1. The highest BCUT2D eigenvalue weighted by atomic mass is 35.5. The van der Waals surface area contributed by atoms with Crippen LogP contribution >= 0.6 is 23.2 Å². The van der Waals surface area contributed by atoms with Crippen LogP contribution in [0.1, 0.15) is 6.42 Å². The number of aromatic nitrogens is 1. The highest BCUT2D eigenvalue weighted by molar-refractivity contribution is 6.31.